The Hall–Kier alpha value is -1.58. The van der Waals surface area contributed by atoms with Crippen molar-refractivity contribution in [3.05, 3.63) is 29.1 Å². The fourth-order valence-electron chi connectivity index (χ4n) is 2.14. The second kappa shape index (κ2) is 4.12. The number of hydrogen-bond acceptors (Lipinski definition) is 2. The highest BCUT2D eigenvalue weighted by atomic mass is 19.1. The van der Waals surface area contributed by atoms with Crippen molar-refractivity contribution in [3.8, 4) is 0 Å². The van der Waals surface area contributed by atoms with Gasteiger partial charge in [-0.25, -0.2) is 9.18 Å². The molecule has 0 amide bonds. The van der Waals surface area contributed by atoms with Crippen molar-refractivity contribution in [2.75, 3.05) is 18.0 Å². The zero-order chi connectivity index (χ0) is 11.7. The van der Waals surface area contributed by atoms with Crippen LogP contribution in [0.5, 0.6) is 0 Å². The number of rotatable bonds is 2. The fourth-order valence-corrected chi connectivity index (χ4v) is 2.14. The molecule has 0 unspecified atom stereocenters. The predicted octanol–water partition coefficient (Wildman–Crippen LogP) is 2.43. The van der Waals surface area contributed by atoms with E-state index >= 15 is 0 Å². The molecule has 1 fully saturated rings. The van der Waals surface area contributed by atoms with Gasteiger partial charge < -0.3 is 10.0 Å². The van der Waals surface area contributed by atoms with Crippen LogP contribution in [0, 0.1) is 12.7 Å². The molecule has 3 nitrogen and oxygen atoms in total. The summed E-state index contributed by atoms with van der Waals surface area (Å²) in [6.45, 7) is 3.39. The molecule has 0 atom stereocenters. The van der Waals surface area contributed by atoms with Crippen LogP contribution in [0.15, 0.2) is 12.1 Å². The molecule has 1 aromatic carbocycles. The molecule has 1 heterocycles. The third-order valence-electron chi connectivity index (χ3n) is 2.87. The summed E-state index contributed by atoms with van der Waals surface area (Å²) in [7, 11) is 0. The average Bonchev–Trinajstić information content (AvgIpc) is 2.67. The first kappa shape index (κ1) is 10.9. The van der Waals surface area contributed by atoms with Crippen molar-refractivity contribution >= 4 is 11.7 Å². The third-order valence-corrected chi connectivity index (χ3v) is 2.87. The highest BCUT2D eigenvalue weighted by Gasteiger charge is 2.22. The van der Waals surface area contributed by atoms with Crippen molar-refractivity contribution < 1.29 is 14.3 Å². The van der Waals surface area contributed by atoms with E-state index in [2.05, 4.69) is 0 Å². The Labute approximate surface area is 93.5 Å². The standard InChI is InChI=1S/C12H14FNO2/c1-8-6-9(13)11(12(15)16)10(7-8)14-4-2-3-5-14/h6-7H,2-5H2,1H3,(H,15,16). The molecule has 86 valence electrons. The zero-order valence-corrected chi connectivity index (χ0v) is 9.16. The van der Waals surface area contributed by atoms with Gasteiger partial charge in [0, 0.05) is 13.1 Å². The smallest absolute Gasteiger partial charge is 0.340 e. The maximum absolute atomic E-state index is 13.6. The Balaban J connectivity index is 2.52. The molecule has 0 aliphatic carbocycles. The minimum absolute atomic E-state index is 0.201. The number of carboxylic acid groups (broad SMARTS) is 1. The lowest BCUT2D eigenvalue weighted by atomic mass is 10.1. The van der Waals surface area contributed by atoms with Crippen molar-refractivity contribution in [1.29, 1.82) is 0 Å². The van der Waals surface area contributed by atoms with E-state index in [1.807, 2.05) is 4.90 Å². The largest absolute Gasteiger partial charge is 0.478 e. The van der Waals surface area contributed by atoms with Gasteiger partial charge in [0.1, 0.15) is 11.4 Å². The summed E-state index contributed by atoms with van der Waals surface area (Å²) >= 11 is 0. The Morgan fingerprint density at radius 1 is 1.38 bits per heavy atom. The number of nitrogens with zero attached hydrogens (tertiary/aromatic N) is 1. The van der Waals surface area contributed by atoms with Crippen LogP contribution in [0.1, 0.15) is 28.8 Å². The molecule has 4 heteroatoms. The van der Waals surface area contributed by atoms with Crippen molar-refractivity contribution in [3.63, 3.8) is 0 Å². The lowest BCUT2D eigenvalue weighted by Gasteiger charge is -2.20. The molecule has 2 rings (SSSR count). The van der Waals surface area contributed by atoms with Gasteiger partial charge in [-0.3, -0.25) is 0 Å². The number of halogens is 1. The van der Waals surface area contributed by atoms with Gasteiger partial charge in [0.25, 0.3) is 0 Å². The molecule has 0 radical (unpaired) electrons. The Bertz CT molecular complexity index is 425. The van der Waals surface area contributed by atoms with E-state index in [4.69, 9.17) is 5.11 Å². The lowest BCUT2D eigenvalue weighted by Crippen LogP contribution is -2.21. The zero-order valence-electron chi connectivity index (χ0n) is 9.16. The van der Waals surface area contributed by atoms with E-state index in [9.17, 15) is 9.18 Å². The van der Waals surface area contributed by atoms with E-state index in [0.717, 1.165) is 31.5 Å². The highest BCUT2D eigenvalue weighted by molar-refractivity contribution is 5.95. The second-order valence-electron chi connectivity index (χ2n) is 4.14. The molecule has 1 saturated heterocycles. The summed E-state index contributed by atoms with van der Waals surface area (Å²) in [5.41, 5.74) is 1.07. The monoisotopic (exact) mass is 223 g/mol. The summed E-state index contributed by atoms with van der Waals surface area (Å²) in [4.78, 5) is 13.0. The highest BCUT2D eigenvalue weighted by Crippen LogP contribution is 2.28. The molecule has 1 N–H and O–H groups in total. The molecule has 16 heavy (non-hydrogen) atoms. The molecule has 1 aromatic rings. The molecule has 1 aliphatic heterocycles. The molecule has 0 aromatic heterocycles. The van der Waals surface area contributed by atoms with Crippen LogP contribution in [-0.4, -0.2) is 24.2 Å². The number of carbonyl (C=O) groups is 1. The Morgan fingerprint density at radius 2 is 2.00 bits per heavy atom. The van der Waals surface area contributed by atoms with Gasteiger partial charge in [-0.15, -0.1) is 0 Å². The summed E-state index contributed by atoms with van der Waals surface area (Å²) < 4.78 is 13.6. The first-order valence-corrected chi connectivity index (χ1v) is 5.38. The average molecular weight is 223 g/mol. The molecule has 0 spiro atoms. The number of hydrogen-bond donors (Lipinski definition) is 1. The van der Waals surface area contributed by atoms with Crippen molar-refractivity contribution in [2.24, 2.45) is 0 Å². The van der Waals surface area contributed by atoms with E-state index in [0.29, 0.717) is 5.69 Å². The van der Waals surface area contributed by atoms with Gasteiger partial charge >= 0.3 is 5.97 Å². The van der Waals surface area contributed by atoms with Gasteiger partial charge in [-0.1, -0.05) is 0 Å². The van der Waals surface area contributed by atoms with Crippen molar-refractivity contribution in [1.82, 2.24) is 0 Å². The van der Waals surface area contributed by atoms with E-state index in [1.165, 1.54) is 6.07 Å². The summed E-state index contributed by atoms with van der Waals surface area (Å²) in [5, 5.41) is 9.03. The van der Waals surface area contributed by atoms with Gasteiger partial charge in [0.15, 0.2) is 0 Å². The molecule has 0 bridgehead atoms. The second-order valence-corrected chi connectivity index (χ2v) is 4.14. The van der Waals surface area contributed by atoms with Crippen LogP contribution in [0.2, 0.25) is 0 Å². The van der Waals surface area contributed by atoms with E-state index < -0.39 is 11.8 Å². The van der Waals surface area contributed by atoms with Crippen LogP contribution in [0.3, 0.4) is 0 Å². The van der Waals surface area contributed by atoms with E-state index in [1.54, 1.807) is 13.0 Å². The predicted molar refractivity (Wildman–Crippen MR) is 59.5 cm³/mol. The molecular weight excluding hydrogens is 209 g/mol. The Morgan fingerprint density at radius 3 is 2.56 bits per heavy atom. The number of aromatic carboxylic acids is 1. The number of benzene rings is 1. The summed E-state index contributed by atoms with van der Waals surface area (Å²) in [5.74, 6) is -1.84. The normalized spacial score (nSPS) is 15.5. The van der Waals surface area contributed by atoms with Crippen LogP contribution < -0.4 is 4.90 Å². The first-order chi connectivity index (χ1) is 7.59. The number of carboxylic acids is 1. The molecule has 0 saturated carbocycles. The van der Waals surface area contributed by atoms with Crippen LogP contribution in [0.25, 0.3) is 0 Å². The molecular formula is C12H14FNO2. The van der Waals surface area contributed by atoms with Gasteiger partial charge in [-0.2, -0.15) is 0 Å². The van der Waals surface area contributed by atoms with Gasteiger partial charge in [0.2, 0.25) is 0 Å². The van der Waals surface area contributed by atoms with E-state index in [-0.39, 0.29) is 5.56 Å². The topological polar surface area (TPSA) is 40.5 Å². The minimum Gasteiger partial charge on any atom is -0.478 e. The fraction of sp³-hybridized carbons (Fsp3) is 0.417. The Kier molecular flexibility index (Phi) is 2.81. The number of aryl methyl sites for hydroxylation is 1. The minimum atomic E-state index is -1.19. The van der Waals surface area contributed by atoms with Crippen molar-refractivity contribution in [2.45, 2.75) is 19.8 Å². The number of anilines is 1. The summed E-state index contributed by atoms with van der Waals surface area (Å²) in [6, 6.07) is 3.01. The van der Waals surface area contributed by atoms with Crippen LogP contribution >= 0.6 is 0 Å². The quantitative estimate of drug-likeness (QED) is 0.837. The maximum Gasteiger partial charge on any atom is 0.340 e. The maximum atomic E-state index is 13.6. The first-order valence-electron chi connectivity index (χ1n) is 5.38. The van der Waals surface area contributed by atoms with Gasteiger partial charge in [-0.05, 0) is 37.5 Å². The lowest BCUT2D eigenvalue weighted by molar-refractivity contribution is 0.0692. The molecule has 1 aliphatic rings. The van der Waals surface area contributed by atoms with Gasteiger partial charge in [0.05, 0.1) is 5.69 Å². The SMILES string of the molecule is Cc1cc(F)c(C(=O)O)c(N2CCCC2)c1. The van der Waals surface area contributed by atoms with Crippen LogP contribution in [0.4, 0.5) is 10.1 Å². The summed E-state index contributed by atoms with van der Waals surface area (Å²) in [6.07, 6.45) is 2.07. The van der Waals surface area contributed by atoms with Crippen LogP contribution in [-0.2, 0) is 0 Å². The third kappa shape index (κ3) is 1.87.